The highest BCUT2D eigenvalue weighted by atomic mass is 32.2. The first kappa shape index (κ1) is 41.0. The molecule has 1 aliphatic rings. The molecule has 0 spiro atoms. The summed E-state index contributed by atoms with van der Waals surface area (Å²) in [4.78, 5) is 57.3. The van der Waals surface area contributed by atoms with Crippen molar-refractivity contribution in [1.82, 2.24) is 5.32 Å². The lowest BCUT2D eigenvalue weighted by molar-refractivity contribution is -0.116. The number of rotatable bonds is 13. The van der Waals surface area contributed by atoms with Gasteiger partial charge in [-0.05, 0) is 102 Å². The highest BCUT2D eigenvalue weighted by molar-refractivity contribution is 8.00. The van der Waals surface area contributed by atoms with Crippen molar-refractivity contribution in [1.29, 1.82) is 0 Å². The van der Waals surface area contributed by atoms with Gasteiger partial charge in [0.05, 0.1) is 12.2 Å². The quantitative estimate of drug-likeness (QED) is 0.0605. The number of thioether (sulfide) groups is 1. The molecule has 3 N–H and O–H groups in total. The van der Waals surface area contributed by atoms with E-state index in [1.165, 1.54) is 28.7 Å². The Hall–Kier alpha value is -6.75. The molecule has 0 saturated carbocycles. The summed E-state index contributed by atoms with van der Waals surface area (Å²) in [5.41, 5.74) is 5.15. The molecule has 0 fully saturated rings. The summed E-state index contributed by atoms with van der Waals surface area (Å²) < 4.78 is 5.53. The van der Waals surface area contributed by atoms with Crippen molar-refractivity contribution in [3.8, 4) is 0 Å². The Bertz CT molecular complexity index is 2730. The Morgan fingerprint density at radius 2 is 1.48 bits per heavy atom. The van der Waals surface area contributed by atoms with Gasteiger partial charge in [-0.2, -0.15) is 0 Å². The monoisotopic (exact) mass is 841 g/mol. The molecular weight excluding hydrogens is 799 g/mol. The number of thiophene rings is 1. The summed E-state index contributed by atoms with van der Waals surface area (Å²) in [7, 11) is 0. The molecule has 7 aromatic rings. The summed E-state index contributed by atoms with van der Waals surface area (Å²) in [5.74, 6) is -1.35. The predicted molar refractivity (Wildman–Crippen MR) is 246 cm³/mol. The zero-order valence-electron chi connectivity index (χ0n) is 33.4. The normalized spacial score (nSPS) is 14.0. The van der Waals surface area contributed by atoms with Gasteiger partial charge >= 0.3 is 5.97 Å². The third-order valence-corrected chi connectivity index (χ3v) is 13.0. The van der Waals surface area contributed by atoms with E-state index in [2.05, 4.69) is 28.1 Å². The molecular formula is C51H43N3O5S2. The maximum atomic E-state index is 14.5. The SMILES string of the molecule is CCOC(=O)c1c(NC(=O)C(Sc2cccc(NC(=O)/C(=C\c3cccc4ccccc34)NC(=O)c3ccccc3)c2)c2ccccc2)sc2c1CCC(c1ccccc1)C2. The van der Waals surface area contributed by atoms with Crippen molar-refractivity contribution in [2.75, 3.05) is 17.2 Å². The summed E-state index contributed by atoms with van der Waals surface area (Å²) in [5, 5.41) is 10.7. The van der Waals surface area contributed by atoms with Crippen LogP contribution < -0.4 is 16.0 Å². The number of hydrogen-bond acceptors (Lipinski definition) is 7. The molecule has 6 aromatic carbocycles. The lowest BCUT2D eigenvalue weighted by Crippen LogP contribution is -2.30. The number of nitrogens with one attached hydrogen (secondary N) is 3. The molecule has 0 bridgehead atoms. The smallest absolute Gasteiger partial charge is 0.341 e. The summed E-state index contributed by atoms with van der Waals surface area (Å²) in [6.45, 7) is 2.00. The van der Waals surface area contributed by atoms with Gasteiger partial charge in [-0.15, -0.1) is 23.1 Å². The first-order chi connectivity index (χ1) is 29.8. The van der Waals surface area contributed by atoms with Crippen LogP contribution in [0.4, 0.5) is 10.7 Å². The van der Waals surface area contributed by atoms with Crippen LogP contribution in [0.25, 0.3) is 16.8 Å². The first-order valence-electron chi connectivity index (χ1n) is 20.2. The number of esters is 1. The molecule has 0 aliphatic heterocycles. The summed E-state index contributed by atoms with van der Waals surface area (Å²) >= 11 is 2.78. The highest BCUT2D eigenvalue weighted by Gasteiger charge is 2.32. The van der Waals surface area contributed by atoms with Gasteiger partial charge in [0.25, 0.3) is 11.8 Å². The van der Waals surface area contributed by atoms with Gasteiger partial charge in [0, 0.05) is 21.0 Å². The van der Waals surface area contributed by atoms with E-state index in [1.807, 2.05) is 109 Å². The fraction of sp³-hybridized carbons (Fsp3) is 0.137. The van der Waals surface area contributed by atoms with Gasteiger partial charge in [0.1, 0.15) is 15.9 Å². The van der Waals surface area contributed by atoms with Crippen LogP contribution in [0.15, 0.2) is 168 Å². The Balaban J connectivity index is 1.06. The predicted octanol–water partition coefficient (Wildman–Crippen LogP) is 11.2. The molecule has 8 nitrogen and oxygen atoms in total. The first-order valence-corrected chi connectivity index (χ1v) is 21.9. The minimum Gasteiger partial charge on any atom is -0.462 e. The van der Waals surface area contributed by atoms with Crippen LogP contribution in [0.3, 0.4) is 0 Å². The van der Waals surface area contributed by atoms with Crippen LogP contribution in [0.2, 0.25) is 0 Å². The van der Waals surface area contributed by atoms with E-state index in [1.54, 1.807) is 49.4 Å². The van der Waals surface area contributed by atoms with Gasteiger partial charge in [0.2, 0.25) is 5.91 Å². The fourth-order valence-electron chi connectivity index (χ4n) is 7.64. The van der Waals surface area contributed by atoms with E-state index in [0.717, 1.165) is 50.1 Å². The molecule has 3 amide bonds. The number of carbonyl (C=O) groups is 4. The molecule has 0 saturated heterocycles. The molecule has 2 atom stereocenters. The molecule has 10 heteroatoms. The van der Waals surface area contributed by atoms with Crippen LogP contribution in [0.1, 0.15) is 72.4 Å². The minimum atomic E-state index is -0.717. The van der Waals surface area contributed by atoms with Crippen LogP contribution in [-0.4, -0.2) is 30.3 Å². The molecule has 1 aromatic heterocycles. The van der Waals surface area contributed by atoms with Gasteiger partial charge in [-0.3, -0.25) is 14.4 Å². The third-order valence-electron chi connectivity index (χ3n) is 10.6. The number of fused-ring (bicyclic) bond motifs is 2. The molecule has 2 unspecified atom stereocenters. The number of anilines is 2. The topological polar surface area (TPSA) is 114 Å². The molecule has 8 rings (SSSR count). The lowest BCUT2D eigenvalue weighted by Gasteiger charge is -2.23. The second-order valence-electron chi connectivity index (χ2n) is 14.6. The second kappa shape index (κ2) is 19.1. The third kappa shape index (κ3) is 9.67. The van der Waals surface area contributed by atoms with Crippen LogP contribution >= 0.6 is 23.1 Å². The van der Waals surface area contributed by atoms with E-state index in [-0.39, 0.29) is 18.2 Å². The van der Waals surface area contributed by atoms with Gasteiger partial charge in [-0.25, -0.2) is 4.79 Å². The molecule has 304 valence electrons. The number of ether oxygens (including phenoxy) is 1. The molecule has 61 heavy (non-hydrogen) atoms. The Morgan fingerprint density at radius 3 is 2.25 bits per heavy atom. The van der Waals surface area contributed by atoms with Crippen molar-refractivity contribution in [3.63, 3.8) is 0 Å². The van der Waals surface area contributed by atoms with Crippen molar-refractivity contribution < 1.29 is 23.9 Å². The van der Waals surface area contributed by atoms with E-state index in [9.17, 15) is 19.2 Å². The van der Waals surface area contributed by atoms with Gasteiger partial charge < -0.3 is 20.7 Å². The number of carbonyl (C=O) groups excluding carboxylic acids is 4. The maximum absolute atomic E-state index is 14.5. The van der Waals surface area contributed by atoms with Crippen molar-refractivity contribution in [2.24, 2.45) is 0 Å². The van der Waals surface area contributed by atoms with Gasteiger partial charge in [-0.1, -0.05) is 127 Å². The van der Waals surface area contributed by atoms with Crippen molar-refractivity contribution in [2.45, 2.75) is 42.2 Å². The summed E-state index contributed by atoms with van der Waals surface area (Å²) in [6, 6.07) is 49.5. The average Bonchev–Trinajstić information content (AvgIpc) is 3.66. The largest absolute Gasteiger partial charge is 0.462 e. The zero-order chi connectivity index (χ0) is 42.1. The zero-order valence-corrected chi connectivity index (χ0v) is 35.1. The van der Waals surface area contributed by atoms with E-state index < -0.39 is 23.0 Å². The van der Waals surface area contributed by atoms with E-state index in [4.69, 9.17) is 4.74 Å². The van der Waals surface area contributed by atoms with Crippen molar-refractivity contribution in [3.05, 3.63) is 202 Å². The fourth-order valence-corrected chi connectivity index (χ4v) is 10.0. The molecule has 1 heterocycles. The number of hydrogen-bond donors (Lipinski definition) is 3. The standard InChI is InChI=1S/C51H43N3O5S2/c1-2-59-51(58)45-42-29-28-37(33-16-6-3-7-17-33)31-44(42)61-50(45)54-49(57)46(35-19-8-4-9-20-35)60-40-26-15-25-39(32-40)52-48(56)43(53-47(55)36-21-10-5-11-22-36)30-38-24-14-23-34-18-12-13-27-41(34)38/h3-27,30,32,37,46H,2,28-29,31H2,1H3,(H,52,56)(H,53,55)(H,54,57)/b43-30+. The Labute approximate surface area is 363 Å². The van der Waals surface area contributed by atoms with E-state index in [0.29, 0.717) is 34.2 Å². The highest BCUT2D eigenvalue weighted by Crippen LogP contribution is 2.44. The van der Waals surface area contributed by atoms with Crippen molar-refractivity contribution >= 4 is 74.3 Å². The van der Waals surface area contributed by atoms with Crippen LogP contribution in [0, 0.1) is 0 Å². The van der Waals surface area contributed by atoms with Gasteiger partial charge in [0.15, 0.2) is 0 Å². The maximum Gasteiger partial charge on any atom is 0.341 e. The van der Waals surface area contributed by atoms with Crippen LogP contribution in [0.5, 0.6) is 0 Å². The number of amides is 3. The molecule has 1 aliphatic carbocycles. The Kier molecular flexibility index (Phi) is 12.8. The lowest BCUT2D eigenvalue weighted by atomic mass is 9.83. The van der Waals surface area contributed by atoms with E-state index >= 15 is 0 Å². The second-order valence-corrected chi connectivity index (χ2v) is 16.9. The minimum absolute atomic E-state index is 0.0657. The Morgan fingerprint density at radius 1 is 0.787 bits per heavy atom. The average molecular weight is 842 g/mol. The summed E-state index contributed by atoms with van der Waals surface area (Å²) in [6.07, 6.45) is 4.06. The molecule has 0 radical (unpaired) electrons. The number of benzene rings is 6. The van der Waals surface area contributed by atoms with Crippen LogP contribution in [-0.2, 0) is 27.2 Å².